The number of nitrogens with two attached hydrogens (primary N) is 1. The van der Waals surface area contributed by atoms with Gasteiger partial charge in [-0.05, 0) is 42.0 Å². The molecule has 5 heteroatoms. The first-order valence-corrected chi connectivity index (χ1v) is 9.41. The van der Waals surface area contributed by atoms with Gasteiger partial charge in [0.15, 0.2) is 5.96 Å². The van der Waals surface area contributed by atoms with Gasteiger partial charge in [-0.1, -0.05) is 56.3 Å². The molecule has 0 unspecified atom stereocenters. The summed E-state index contributed by atoms with van der Waals surface area (Å²) < 4.78 is 5.25. The van der Waals surface area contributed by atoms with Crippen molar-refractivity contribution in [3.8, 4) is 0 Å². The third-order valence-corrected chi connectivity index (χ3v) is 4.14. The van der Waals surface area contributed by atoms with E-state index >= 15 is 0 Å². The molecule has 0 spiro atoms. The number of anilines is 1. The monoisotopic (exact) mass is 367 g/mol. The predicted octanol–water partition coefficient (Wildman–Crippen LogP) is 4.45. The lowest BCUT2D eigenvalue weighted by molar-refractivity contribution is -0.145. The van der Waals surface area contributed by atoms with E-state index in [1.54, 1.807) is 0 Å². The number of nitrogens with zero attached hydrogens (tertiary/aromatic N) is 1. The Morgan fingerprint density at radius 1 is 1.11 bits per heavy atom. The molecule has 0 saturated heterocycles. The SMILES string of the molecule is CC(C)c1cccc(NC(N)=NCCCCC(=O)OCc2ccccc2)c1. The fourth-order valence-corrected chi connectivity index (χ4v) is 2.55. The van der Waals surface area contributed by atoms with Gasteiger partial charge in [0.05, 0.1) is 0 Å². The summed E-state index contributed by atoms with van der Waals surface area (Å²) >= 11 is 0. The van der Waals surface area contributed by atoms with Crippen molar-refractivity contribution >= 4 is 17.6 Å². The summed E-state index contributed by atoms with van der Waals surface area (Å²) in [7, 11) is 0. The average molecular weight is 367 g/mol. The second-order valence-electron chi connectivity index (χ2n) is 6.78. The molecular formula is C22H29N3O2. The summed E-state index contributed by atoms with van der Waals surface area (Å²) in [5.74, 6) is 0.675. The zero-order valence-electron chi connectivity index (χ0n) is 16.2. The Hall–Kier alpha value is -2.82. The molecular weight excluding hydrogens is 338 g/mol. The van der Waals surface area contributed by atoms with Gasteiger partial charge in [-0.25, -0.2) is 0 Å². The van der Waals surface area contributed by atoms with E-state index in [0.717, 1.165) is 24.1 Å². The number of carbonyl (C=O) groups excluding carboxylic acids is 1. The number of carbonyl (C=O) groups is 1. The van der Waals surface area contributed by atoms with Gasteiger partial charge in [-0.2, -0.15) is 0 Å². The highest BCUT2D eigenvalue weighted by Gasteiger charge is 2.04. The van der Waals surface area contributed by atoms with E-state index in [4.69, 9.17) is 10.5 Å². The number of aliphatic imine (C=N–C) groups is 1. The molecule has 2 aromatic carbocycles. The first-order chi connectivity index (χ1) is 13.0. The topological polar surface area (TPSA) is 76.7 Å². The molecule has 27 heavy (non-hydrogen) atoms. The highest BCUT2D eigenvalue weighted by atomic mass is 16.5. The normalized spacial score (nSPS) is 11.4. The quantitative estimate of drug-likeness (QED) is 0.297. The number of hydrogen-bond donors (Lipinski definition) is 2. The molecule has 5 nitrogen and oxygen atoms in total. The van der Waals surface area contributed by atoms with Gasteiger partial charge in [0.25, 0.3) is 0 Å². The number of ether oxygens (including phenoxy) is 1. The molecule has 0 aliphatic rings. The van der Waals surface area contributed by atoms with E-state index in [1.807, 2.05) is 42.5 Å². The lowest BCUT2D eigenvalue weighted by atomic mass is 10.0. The van der Waals surface area contributed by atoms with Crippen LogP contribution in [-0.2, 0) is 16.1 Å². The van der Waals surface area contributed by atoms with Gasteiger partial charge in [0.1, 0.15) is 6.61 Å². The maximum absolute atomic E-state index is 11.7. The molecule has 0 atom stereocenters. The lowest BCUT2D eigenvalue weighted by Crippen LogP contribution is -2.23. The van der Waals surface area contributed by atoms with Crippen LogP contribution in [0.2, 0.25) is 0 Å². The van der Waals surface area contributed by atoms with E-state index in [9.17, 15) is 4.79 Å². The van der Waals surface area contributed by atoms with Crippen LogP contribution in [0.3, 0.4) is 0 Å². The van der Waals surface area contributed by atoms with E-state index in [1.165, 1.54) is 5.56 Å². The first kappa shape index (κ1) is 20.5. The van der Waals surface area contributed by atoms with Crippen LogP contribution in [0, 0.1) is 0 Å². The van der Waals surface area contributed by atoms with Crippen molar-refractivity contribution in [3.05, 3.63) is 65.7 Å². The number of rotatable bonds is 9. The minimum Gasteiger partial charge on any atom is -0.461 e. The number of hydrogen-bond acceptors (Lipinski definition) is 3. The molecule has 0 bridgehead atoms. The Morgan fingerprint density at radius 3 is 2.63 bits per heavy atom. The fraction of sp³-hybridized carbons (Fsp3) is 0.364. The molecule has 0 fully saturated rings. The Kier molecular flexibility index (Phi) is 8.36. The molecule has 2 aromatic rings. The number of nitrogens with one attached hydrogen (secondary N) is 1. The molecule has 0 aliphatic heterocycles. The van der Waals surface area contributed by atoms with Crippen LogP contribution in [0.4, 0.5) is 5.69 Å². The van der Waals surface area contributed by atoms with Crippen LogP contribution in [-0.4, -0.2) is 18.5 Å². The fourth-order valence-electron chi connectivity index (χ4n) is 2.55. The van der Waals surface area contributed by atoms with Crippen molar-refractivity contribution in [3.63, 3.8) is 0 Å². The van der Waals surface area contributed by atoms with Gasteiger partial charge < -0.3 is 15.8 Å². The number of esters is 1. The Labute approximate surface area is 161 Å². The number of guanidine groups is 1. The van der Waals surface area contributed by atoms with Crippen molar-refractivity contribution in [1.29, 1.82) is 0 Å². The van der Waals surface area contributed by atoms with Crippen molar-refractivity contribution in [1.82, 2.24) is 0 Å². The van der Waals surface area contributed by atoms with Crippen LogP contribution in [0.15, 0.2) is 59.6 Å². The van der Waals surface area contributed by atoms with Crippen molar-refractivity contribution in [2.45, 2.75) is 45.6 Å². The Balaban J connectivity index is 1.63. The van der Waals surface area contributed by atoms with Gasteiger partial charge in [0.2, 0.25) is 0 Å². The molecule has 0 amide bonds. The van der Waals surface area contributed by atoms with Crippen LogP contribution in [0.25, 0.3) is 0 Å². The molecule has 0 saturated carbocycles. The summed E-state index contributed by atoms with van der Waals surface area (Å²) in [5.41, 5.74) is 9.12. The highest BCUT2D eigenvalue weighted by Crippen LogP contribution is 2.18. The maximum Gasteiger partial charge on any atom is 0.306 e. The maximum atomic E-state index is 11.7. The summed E-state index contributed by atoms with van der Waals surface area (Å²) in [6, 6.07) is 17.8. The molecule has 2 rings (SSSR count). The predicted molar refractivity (Wildman–Crippen MR) is 111 cm³/mol. The zero-order valence-corrected chi connectivity index (χ0v) is 16.2. The molecule has 144 valence electrons. The van der Waals surface area contributed by atoms with E-state index < -0.39 is 0 Å². The second kappa shape index (κ2) is 11.0. The number of benzene rings is 2. The minimum atomic E-state index is -0.181. The third kappa shape index (κ3) is 7.94. The molecule has 0 aliphatic carbocycles. The Morgan fingerprint density at radius 2 is 1.89 bits per heavy atom. The van der Waals surface area contributed by atoms with Crippen LogP contribution in [0.5, 0.6) is 0 Å². The van der Waals surface area contributed by atoms with Crippen molar-refractivity contribution in [2.24, 2.45) is 10.7 Å². The van der Waals surface area contributed by atoms with Crippen LogP contribution >= 0.6 is 0 Å². The standard InChI is InChI=1S/C22H29N3O2/c1-17(2)19-11-8-12-20(15-19)25-22(23)24-14-7-6-13-21(26)27-16-18-9-4-3-5-10-18/h3-5,8-12,15,17H,6-7,13-14,16H2,1-2H3,(H3,23,24,25). The van der Waals surface area contributed by atoms with Gasteiger partial charge >= 0.3 is 5.97 Å². The summed E-state index contributed by atoms with van der Waals surface area (Å²) in [6.45, 7) is 5.21. The second-order valence-corrected chi connectivity index (χ2v) is 6.78. The molecule has 0 heterocycles. The number of unbranched alkanes of at least 4 members (excludes halogenated alkanes) is 1. The van der Waals surface area contributed by atoms with Gasteiger partial charge in [-0.3, -0.25) is 9.79 Å². The lowest BCUT2D eigenvalue weighted by Gasteiger charge is -2.10. The Bertz CT molecular complexity index is 742. The summed E-state index contributed by atoms with van der Waals surface area (Å²) in [6.07, 6.45) is 1.91. The van der Waals surface area contributed by atoms with Crippen molar-refractivity contribution < 1.29 is 9.53 Å². The molecule has 3 N–H and O–H groups in total. The van der Waals surface area contributed by atoms with E-state index in [2.05, 4.69) is 36.3 Å². The summed E-state index contributed by atoms with van der Waals surface area (Å²) in [4.78, 5) is 16.1. The van der Waals surface area contributed by atoms with E-state index in [0.29, 0.717) is 31.4 Å². The first-order valence-electron chi connectivity index (χ1n) is 9.41. The smallest absolute Gasteiger partial charge is 0.306 e. The largest absolute Gasteiger partial charge is 0.461 e. The minimum absolute atomic E-state index is 0.181. The molecule has 0 radical (unpaired) electrons. The highest BCUT2D eigenvalue weighted by molar-refractivity contribution is 5.92. The van der Waals surface area contributed by atoms with E-state index in [-0.39, 0.29) is 5.97 Å². The average Bonchev–Trinajstić information content (AvgIpc) is 2.67. The third-order valence-electron chi connectivity index (χ3n) is 4.14. The van der Waals surface area contributed by atoms with Gasteiger partial charge in [-0.15, -0.1) is 0 Å². The summed E-state index contributed by atoms with van der Waals surface area (Å²) in [5, 5.41) is 3.11. The molecule has 0 aromatic heterocycles. The van der Waals surface area contributed by atoms with Crippen LogP contribution in [0.1, 0.15) is 50.2 Å². The zero-order chi connectivity index (χ0) is 19.5. The van der Waals surface area contributed by atoms with Crippen LogP contribution < -0.4 is 11.1 Å². The van der Waals surface area contributed by atoms with Crippen molar-refractivity contribution in [2.75, 3.05) is 11.9 Å². The van der Waals surface area contributed by atoms with Gasteiger partial charge in [0, 0.05) is 18.7 Å².